The number of rotatable bonds is 4. The smallest absolute Gasteiger partial charge is 0.304 e. The van der Waals surface area contributed by atoms with Gasteiger partial charge in [-0.05, 0) is 31.4 Å². The molecule has 1 heterocycles. The zero-order valence-corrected chi connectivity index (χ0v) is 12.1. The van der Waals surface area contributed by atoms with Crippen molar-refractivity contribution in [1.82, 2.24) is 4.31 Å². The molecule has 116 valence electrons. The average Bonchev–Trinajstić information content (AvgIpc) is 2.46. The fourth-order valence-electron chi connectivity index (χ4n) is 2.33. The van der Waals surface area contributed by atoms with Gasteiger partial charge in [-0.2, -0.15) is 8.70 Å². The second-order valence-electron chi connectivity index (χ2n) is 4.95. The Hall–Kier alpha value is -1.58. The molecule has 0 bridgehead atoms. The van der Waals surface area contributed by atoms with Gasteiger partial charge in [-0.15, -0.1) is 0 Å². The predicted octanol–water partition coefficient (Wildman–Crippen LogP) is 1.09. The molecule has 0 aliphatic carbocycles. The Morgan fingerprint density at radius 1 is 1.38 bits per heavy atom. The molecule has 1 fully saturated rings. The molecule has 21 heavy (non-hydrogen) atoms. The third kappa shape index (κ3) is 3.20. The number of nitrogens with two attached hydrogens (primary N) is 1. The highest BCUT2D eigenvalue weighted by Gasteiger charge is 2.30. The summed E-state index contributed by atoms with van der Waals surface area (Å²) in [6, 6.07) is 2.63. The zero-order valence-electron chi connectivity index (χ0n) is 11.2. The number of piperidine rings is 1. The highest BCUT2D eigenvalue weighted by Crippen LogP contribution is 2.26. The van der Waals surface area contributed by atoms with Crippen LogP contribution in [0.4, 0.5) is 10.1 Å². The molecule has 0 radical (unpaired) electrons. The molecular formula is C12H16FN3O4S. The fourth-order valence-corrected chi connectivity index (χ4v) is 3.81. The van der Waals surface area contributed by atoms with Gasteiger partial charge < -0.3 is 5.73 Å². The summed E-state index contributed by atoms with van der Waals surface area (Å²) in [6.07, 6.45) is 1.32. The third-order valence-corrected chi connectivity index (χ3v) is 5.56. The summed E-state index contributed by atoms with van der Waals surface area (Å²) in [7, 11) is -3.83. The topological polar surface area (TPSA) is 107 Å². The summed E-state index contributed by atoms with van der Waals surface area (Å²) < 4.78 is 39.6. The van der Waals surface area contributed by atoms with Crippen molar-refractivity contribution in [3.05, 3.63) is 34.1 Å². The van der Waals surface area contributed by atoms with Gasteiger partial charge >= 0.3 is 5.69 Å². The van der Waals surface area contributed by atoms with Gasteiger partial charge in [0.25, 0.3) is 0 Å². The van der Waals surface area contributed by atoms with Crippen molar-refractivity contribution in [2.75, 3.05) is 19.6 Å². The fraction of sp³-hybridized carbons (Fsp3) is 0.500. The van der Waals surface area contributed by atoms with E-state index in [0.29, 0.717) is 44.5 Å². The van der Waals surface area contributed by atoms with Crippen LogP contribution in [0.1, 0.15) is 12.8 Å². The first-order valence-corrected chi connectivity index (χ1v) is 7.94. The van der Waals surface area contributed by atoms with Crippen LogP contribution >= 0.6 is 0 Å². The number of hydrogen-bond donors (Lipinski definition) is 1. The van der Waals surface area contributed by atoms with Gasteiger partial charge in [0.1, 0.15) is 0 Å². The van der Waals surface area contributed by atoms with Crippen LogP contribution in [0.2, 0.25) is 0 Å². The maximum Gasteiger partial charge on any atom is 0.304 e. The number of nitrogens with zero attached hydrogens (tertiary/aromatic N) is 2. The molecular weight excluding hydrogens is 301 g/mol. The molecule has 0 saturated carbocycles. The molecule has 1 aromatic carbocycles. The third-order valence-electron chi connectivity index (χ3n) is 3.66. The Bertz CT molecular complexity index is 642. The van der Waals surface area contributed by atoms with Gasteiger partial charge in [0.15, 0.2) is 0 Å². The number of hydrogen-bond acceptors (Lipinski definition) is 5. The molecule has 0 amide bonds. The second-order valence-corrected chi connectivity index (χ2v) is 6.89. The lowest BCUT2D eigenvalue weighted by Crippen LogP contribution is -2.40. The van der Waals surface area contributed by atoms with E-state index in [0.717, 1.165) is 12.1 Å². The molecule has 0 spiro atoms. The predicted molar refractivity (Wildman–Crippen MR) is 73.6 cm³/mol. The normalized spacial score (nSPS) is 17.8. The summed E-state index contributed by atoms with van der Waals surface area (Å²) >= 11 is 0. The standard InChI is InChI=1S/C12H16FN3O4S/c13-11-7-10(1-2-12(11)16(17)18)21(19,20)15-5-3-9(8-14)4-6-15/h1-2,7,9H,3-6,8,14H2. The maximum atomic E-state index is 13.6. The zero-order chi connectivity index (χ0) is 15.6. The van der Waals surface area contributed by atoms with E-state index in [4.69, 9.17) is 5.73 Å². The van der Waals surface area contributed by atoms with Gasteiger partial charge in [0, 0.05) is 25.2 Å². The van der Waals surface area contributed by atoms with Gasteiger partial charge in [0.2, 0.25) is 15.8 Å². The van der Waals surface area contributed by atoms with Gasteiger partial charge in [-0.25, -0.2) is 8.42 Å². The Labute approximate surface area is 121 Å². The Balaban J connectivity index is 2.24. The van der Waals surface area contributed by atoms with Crippen LogP contribution < -0.4 is 5.73 Å². The van der Waals surface area contributed by atoms with E-state index in [2.05, 4.69) is 0 Å². The molecule has 7 nitrogen and oxygen atoms in total. The summed E-state index contributed by atoms with van der Waals surface area (Å²) in [5, 5.41) is 10.5. The van der Waals surface area contributed by atoms with Gasteiger partial charge in [0.05, 0.1) is 9.82 Å². The molecule has 1 aromatic rings. The molecule has 0 unspecified atom stereocenters. The highest BCUT2D eigenvalue weighted by molar-refractivity contribution is 7.89. The summed E-state index contributed by atoms with van der Waals surface area (Å²) in [6.45, 7) is 1.16. The van der Waals surface area contributed by atoms with Crippen LogP contribution in [0.5, 0.6) is 0 Å². The van der Waals surface area contributed by atoms with Crippen LogP contribution in [0, 0.1) is 21.8 Å². The first kappa shape index (κ1) is 15.8. The molecule has 1 aliphatic rings. The molecule has 0 aromatic heterocycles. The van der Waals surface area contributed by atoms with Crippen molar-refractivity contribution in [3.8, 4) is 0 Å². The van der Waals surface area contributed by atoms with Crippen LogP contribution in [-0.2, 0) is 10.0 Å². The lowest BCUT2D eigenvalue weighted by molar-refractivity contribution is -0.387. The summed E-state index contributed by atoms with van der Waals surface area (Å²) in [5.74, 6) is -0.858. The van der Waals surface area contributed by atoms with Crippen molar-refractivity contribution in [2.24, 2.45) is 11.7 Å². The van der Waals surface area contributed by atoms with E-state index in [-0.39, 0.29) is 4.90 Å². The number of benzene rings is 1. The molecule has 1 saturated heterocycles. The van der Waals surface area contributed by atoms with Crippen molar-refractivity contribution < 1.29 is 17.7 Å². The second kappa shape index (κ2) is 6.04. The Kier molecular flexibility index (Phi) is 4.55. The van der Waals surface area contributed by atoms with Gasteiger partial charge in [-0.1, -0.05) is 0 Å². The largest absolute Gasteiger partial charge is 0.330 e. The lowest BCUT2D eigenvalue weighted by atomic mass is 9.99. The SMILES string of the molecule is NCC1CCN(S(=O)(=O)c2ccc([N+](=O)[O-])c(F)c2)CC1. The molecule has 0 atom stereocenters. The van der Waals surface area contributed by atoms with Crippen molar-refractivity contribution >= 4 is 15.7 Å². The number of halogens is 1. The highest BCUT2D eigenvalue weighted by atomic mass is 32.2. The minimum atomic E-state index is -3.83. The molecule has 2 rings (SSSR count). The monoisotopic (exact) mass is 317 g/mol. The first-order valence-electron chi connectivity index (χ1n) is 6.50. The van der Waals surface area contributed by atoms with Gasteiger partial charge in [-0.3, -0.25) is 10.1 Å². The van der Waals surface area contributed by atoms with Crippen molar-refractivity contribution in [3.63, 3.8) is 0 Å². The Morgan fingerprint density at radius 3 is 2.48 bits per heavy atom. The van der Waals surface area contributed by atoms with E-state index in [1.165, 1.54) is 4.31 Å². The van der Waals surface area contributed by atoms with E-state index in [9.17, 15) is 22.9 Å². The number of sulfonamides is 1. The quantitative estimate of drug-likeness (QED) is 0.661. The van der Waals surface area contributed by atoms with Crippen LogP contribution in [0.25, 0.3) is 0 Å². The van der Waals surface area contributed by atoms with E-state index >= 15 is 0 Å². The van der Waals surface area contributed by atoms with Crippen molar-refractivity contribution in [1.29, 1.82) is 0 Å². The molecule has 1 aliphatic heterocycles. The van der Waals surface area contributed by atoms with E-state index in [1.807, 2.05) is 0 Å². The van der Waals surface area contributed by atoms with Crippen LogP contribution in [0.3, 0.4) is 0 Å². The summed E-state index contributed by atoms with van der Waals surface area (Å²) in [4.78, 5) is 9.39. The molecule has 2 N–H and O–H groups in total. The minimum absolute atomic E-state index is 0.267. The van der Waals surface area contributed by atoms with E-state index in [1.54, 1.807) is 0 Å². The Morgan fingerprint density at radius 2 is 2.00 bits per heavy atom. The lowest BCUT2D eigenvalue weighted by Gasteiger charge is -2.30. The first-order chi connectivity index (χ1) is 9.86. The molecule has 9 heteroatoms. The maximum absolute atomic E-state index is 13.6. The minimum Gasteiger partial charge on any atom is -0.330 e. The van der Waals surface area contributed by atoms with E-state index < -0.39 is 26.5 Å². The number of nitro benzene ring substituents is 1. The van der Waals surface area contributed by atoms with Crippen LogP contribution in [-0.4, -0.2) is 37.3 Å². The summed E-state index contributed by atoms with van der Waals surface area (Å²) in [5.41, 5.74) is 4.81. The average molecular weight is 317 g/mol. The van der Waals surface area contributed by atoms with Crippen LogP contribution in [0.15, 0.2) is 23.1 Å². The number of nitro groups is 1. The van der Waals surface area contributed by atoms with Crippen molar-refractivity contribution in [2.45, 2.75) is 17.7 Å².